The van der Waals surface area contributed by atoms with E-state index in [1.165, 1.54) is 43.5 Å². The Morgan fingerprint density at radius 3 is 2.47 bits per heavy atom. The van der Waals surface area contributed by atoms with E-state index in [1.807, 2.05) is 0 Å². The van der Waals surface area contributed by atoms with Crippen molar-refractivity contribution in [1.82, 2.24) is 4.90 Å². The molecule has 1 aromatic carbocycles. The molecule has 1 aliphatic carbocycles. The van der Waals surface area contributed by atoms with Crippen molar-refractivity contribution in [2.75, 3.05) is 20.1 Å². The van der Waals surface area contributed by atoms with Crippen LogP contribution < -0.4 is 5.73 Å². The van der Waals surface area contributed by atoms with Gasteiger partial charge in [-0.15, -0.1) is 0 Å². The van der Waals surface area contributed by atoms with Gasteiger partial charge in [-0.3, -0.25) is 0 Å². The Bertz CT molecular complexity index is 460. The average molecular weight is 279 g/mol. The van der Waals surface area contributed by atoms with Crippen LogP contribution >= 0.6 is 11.6 Å². The second-order valence-corrected chi connectivity index (χ2v) is 6.73. The molecule has 0 unspecified atom stereocenters. The van der Waals surface area contributed by atoms with Crippen molar-refractivity contribution in [2.45, 2.75) is 43.6 Å². The Morgan fingerprint density at radius 1 is 1.26 bits per heavy atom. The predicted octanol–water partition coefficient (Wildman–Crippen LogP) is 3.49. The Kier molecular flexibility index (Phi) is 3.59. The lowest BCUT2D eigenvalue weighted by Gasteiger charge is -2.39. The van der Waals surface area contributed by atoms with Crippen LogP contribution in [0.5, 0.6) is 0 Å². The monoisotopic (exact) mass is 278 g/mol. The molecule has 0 spiro atoms. The van der Waals surface area contributed by atoms with Crippen LogP contribution in [0.25, 0.3) is 0 Å². The van der Waals surface area contributed by atoms with Crippen LogP contribution in [-0.2, 0) is 5.54 Å². The Hall–Kier alpha value is -0.570. The van der Waals surface area contributed by atoms with E-state index in [4.69, 9.17) is 17.3 Å². The molecule has 1 aromatic rings. The van der Waals surface area contributed by atoms with E-state index in [0.717, 1.165) is 17.9 Å². The van der Waals surface area contributed by atoms with Crippen LogP contribution in [0.15, 0.2) is 18.2 Å². The summed E-state index contributed by atoms with van der Waals surface area (Å²) in [6.07, 6.45) is 5.85. The van der Waals surface area contributed by atoms with Crippen molar-refractivity contribution >= 4 is 11.6 Å². The number of benzene rings is 1. The van der Waals surface area contributed by atoms with Gasteiger partial charge in [0.15, 0.2) is 0 Å². The summed E-state index contributed by atoms with van der Waals surface area (Å²) in [6, 6.07) is 6.55. The number of likely N-dealkylation sites (tertiary alicyclic amines) is 1. The third-order valence-corrected chi connectivity index (χ3v) is 5.31. The first-order valence-corrected chi connectivity index (χ1v) is 7.74. The van der Waals surface area contributed by atoms with E-state index in [-0.39, 0.29) is 5.54 Å². The van der Waals surface area contributed by atoms with Gasteiger partial charge in [0, 0.05) is 10.6 Å². The van der Waals surface area contributed by atoms with Gasteiger partial charge in [-0.05, 0) is 75.4 Å². The summed E-state index contributed by atoms with van der Waals surface area (Å²) >= 11 is 6.52. The lowest BCUT2D eigenvalue weighted by Crippen LogP contribution is -2.43. The largest absolute Gasteiger partial charge is 0.321 e. The lowest BCUT2D eigenvalue weighted by atomic mass is 9.72. The van der Waals surface area contributed by atoms with Crippen molar-refractivity contribution in [3.63, 3.8) is 0 Å². The highest BCUT2D eigenvalue weighted by atomic mass is 35.5. The van der Waals surface area contributed by atoms with E-state index in [2.05, 4.69) is 30.1 Å². The minimum atomic E-state index is -0.102. The molecule has 0 amide bonds. The maximum Gasteiger partial charge on any atom is 0.0444 e. The molecule has 2 aliphatic rings. The van der Waals surface area contributed by atoms with E-state index >= 15 is 0 Å². The molecule has 2 fully saturated rings. The third kappa shape index (κ3) is 2.54. The summed E-state index contributed by atoms with van der Waals surface area (Å²) in [4.78, 5) is 2.39. The smallest absolute Gasteiger partial charge is 0.0444 e. The van der Waals surface area contributed by atoms with Gasteiger partial charge in [-0.1, -0.05) is 23.7 Å². The molecule has 1 heterocycles. The van der Waals surface area contributed by atoms with Gasteiger partial charge in [-0.25, -0.2) is 0 Å². The third-order valence-electron chi connectivity index (χ3n) is 4.98. The van der Waals surface area contributed by atoms with Crippen LogP contribution in [0.3, 0.4) is 0 Å². The minimum Gasteiger partial charge on any atom is -0.321 e. The first kappa shape index (κ1) is 13.4. The van der Waals surface area contributed by atoms with Crippen LogP contribution in [0.4, 0.5) is 0 Å². The van der Waals surface area contributed by atoms with Crippen molar-refractivity contribution in [3.8, 4) is 0 Å². The number of piperidine rings is 1. The second kappa shape index (κ2) is 5.08. The van der Waals surface area contributed by atoms with Crippen molar-refractivity contribution in [2.24, 2.45) is 5.73 Å². The molecule has 1 saturated carbocycles. The average Bonchev–Trinajstić information content (AvgIpc) is 2.37. The summed E-state index contributed by atoms with van der Waals surface area (Å²) in [5.41, 5.74) is 8.82. The summed E-state index contributed by atoms with van der Waals surface area (Å²) in [6.45, 7) is 2.34. The predicted molar refractivity (Wildman–Crippen MR) is 80.6 cm³/mol. The van der Waals surface area contributed by atoms with Crippen LogP contribution in [0, 0.1) is 0 Å². The second-order valence-electron chi connectivity index (χ2n) is 6.32. The zero-order chi connectivity index (χ0) is 13.5. The maximum atomic E-state index is 6.52. The van der Waals surface area contributed by atoms with Gasteiger partial charge >= 0.3 is 0 Å². The molecule has 0 bridgehead atoms. The van der Waals surface area contributed by atoms with E-state index < -0.39 is 0 Å². The molecule has 2 nitrogen and oxygen atoms in total. The Labute approximate surface area is 120 Å². The molecule has 104 valence electrons. The molecule has 0 aromatic heterocycles. The van der Waals surface area contributed by atoms with Gasteiger partial charge in [0.25, 0.3) is 0 Å². The fourth-order valence-electron chi connectivity index (χ4n) is 3.33. The normalized spacial score (nSPS) is 24.2. The van der Waals surface area contributed by atoms with Gasteiger partial charge in [0.05, 0.1) is 0 Å². The summed E-state index contributed by atoms with van der Waals surface area (Å²) in [5, 5.41) is 0.920. The van der Waals surface area contributed by atoms with E-state index in [0.29, 0.717) is 5.92 Å². The standard InChI is InChI=1S/C16H23ClN2/c1-19-9-5-12(6-10-19)14-4-3-13(11-15(14)17)16(18)7-2-8-16/h3-4,11-12H,2,5-10,18H2,1H3. The number of hydrogen-bond donors (Lipinski definition) is 1. The van der Waals surface area contributed by atoms with E-state index in [1.54, 1.807) is 0 Å². The molecular formula is C16H23ClN2. The highest BCUT2D eigenvalue weighted by Gasteiger charge is 2.34. The van der Waals surface area contributed by atoms with Crippen molar-refractivity contribution in [1.29, 1.82) is 0 Å². The molecule has 2 N–H and O–H groups in total. The zero-order valence-electron chi connectivity index (χ0n) is 11.7. The number of nitrogens with two attached hydrogens (primary N) is 1. The van der Waals surface area contributed by atoms with Crippen LogP contribution in [0.2, 0.25) is 5.02 Å². The number of halogens is 1. The molecule has 19 heavy (non-hydrogen) atoms. The first-order valence-electron chi connectivity index (χ1n) is 7.36. The summed E-state index contributed by atoms with van der Waals surface area (Å²) in [5.74, 6) is 0.618. The minimum absolute atomic E-state index is 0.102. The summed E-state index contributed by atoms with van der Waals surface area (Å²) in [7, 11) is 2.19. The molecule has 0 radical (unpaired) electrons. The maximum absolute atomic E-state index is 6.52. The molecule has 3 rings (SSSR count). The zero-order valence-corrected chi connectivity index (χ0v) is 12.4. The molecule has 1 saturated heterocycles. The van der Waals surface area contributed by atoms with Gasteiger partial charge in [0.2, 0.25) is 0 Å². The number of hydrogen-bond acceptors (Lipinski definition) is 2. The highest BCUT2D eigenvalue weighted by molar-refractivity contribution is 6.31. The fraction of sp³-hybridized carbons (Fsp3) is 0.625. The Morgan fingerprint density at radius 2 is 1.95 bits per heavy atom. The molecule has 0 atom stereocenters. The van der Waals surface area contributed by atoms with Gasteiger partial charge in [0.1, 0.15) is 0 Å². The Balaban J connectivity index is 1.80. The van der Waals surface area contributed by atoms with Gasteiger partial charge in [-0.2, -0.15) is 0 Å². The lowest BCUT2D eigenvalue weighted by molar-refractivity contribution is 0.251. The number of nitrogens with zero attached hydrogens (tertiary/aromatic N) is 1. The molecular weight excluding hydrogens is 256 g/mol. The van der Waals surface area contributed by atoms with Crippen LogP contribution in [-0.4, -0.2) is 25.0 Å². The van der Waals surface area contributed by atoms with Crippen molar-refractivity contribution < 1.29 is 0 Å². The number of rotatable bonds is 2. The van der Waals surface area contributed by atoms with Crippen molar-refractivity contribution in [3.05, 3.63) is 34.3 Å². The highest BCUT2D eigenvalue weighted by Crippen LogP contribution is 2.41. The van der Waals surface area contributed by atoms with E-state index in [9.17, 15) is 0 Å². The molecule has 1 aliphatic heterocycles. The molecule has 3 heteroatoms. The SMILES string of the molecule is CN1CCC(c2ccc(C3(N)CCC3)cc2Cl)CC1. The first-order chi connectivity index (χ1) is 9.08. The topological polar surface area (TPSA) is 29.3 Å². The summed E-state index contributed by atoms with van der Waals surface area (Å²) < 4.78 is 0. The van der Waals surface area contributed by atoms with Gasteiger partial charge < -0.3 is 10.6 Å². The fourth-order valence-corrected chi connectivity index (χ4v) is 3.67. The van der Waals surface area contributed by atoms with Crippen LogP contribution in [0.1, 0.15) is 49.1 Å². The quantitative estimate of drug-likeness (QED) is 0.897.